The van der Waals surface area contributed by atoms with E-state index in [1.54, 1.807) is 0 Å². The van der Waals surface area contributed by atoms with E-state index in [1.165, 1.54) is 0 Å². The van der Waals surface area contributed by atoms with Gasteiger partial charge in [0.1, 0.15) is 23.1 Å². The minimum atomic E-state index is -0.691. The molecule has 20 heavy (non-hydrogen) atoms. The number of nitro groups is 1. The van der Waals surface area contributed by atoms with Crippen molar-refractivity contribution in [1.82, 2.24) is 0 Å². The molecule has 2 rings (SSSR count). The Morgan fingerprint density at radius 2 is 1.70 bits per heavy atom. The molecule has 0 spiro atoms. The first-order chi connectivity index (χ1) is 9.47. The number of nitrogens with zero attached hydrogens (tertiary/aromatic N) is 1. The van der Waals surface area contributed by atoms with Gasteiger partial charge in [-0.15, -0.1) is 0 Å². The highest BCUT2D eigenvalue weighted by atomic mass is 19.1. The minimum Gasteiger partial charge on any atom is -0.375 e. The lowest BCUT2D eigenvalue weighted by atomic mass is 10.2. The highest BCUT2D eigenvalue weighted by Gasteiger charge is 2.14. The quantitative estimate of drug-likeness (QED) is 0.688. The number of halogens is 3. The molecule has 4 nitrogen and oxygen atoms in total. The van der Waals surface area contributed by atoms with Crippen LogP contribution in [0.4, 0.5) is 24.5 Å². The topological polar surface area (TPSA) is 55.2 Å². The largest absolute Gasteiger partial charge is 0.375 e. The van der Waals surface area contributed by atoms with E-state index < -0.39 is 22.4 Å². The van der Waals surface area contributed by atoms with E-state index in [0.717, 1.165) is 36.4 Å². The van der Waals surface area contributed by atoms with Crippen molar-refractivity contribution in [2.75, 3.05) is 5.32 Å². The summed E-state index contributed by atoms with van der Waals surface area (Å²) in [4.78, 5) is 10.1. The lowest BCUT2D eigenvalue weighted by molar-refractivity contribution is -0.384. The molecule has 0 aliphatic rings. The second-order valence-electron chi connectivity index (χ2n) is 4.01. The van der Waals surface area contributed by atoms with Gasteiger partial charge in [-0.2, -0.15) is 0 Å². The number of nitro benzene ring substituents is 1. The molecular formula is C13H9F3N2O2. The first-order valence-corrected chi connectivity index (χ1v) is 5.59. The Bertz CT molecular complexity index is 662. The molecule has 2 aromatic carbocycles. The second-order valence-corrected chi connectivity index (χ2v) is 4.01. The number of rotatable bonds is 4. The fraction of sp³-hybridized carbons (Fsp3) is 0.0769. The summed E-state index contributed by atoms with van der Waals surface area (Å²) >= 11 is 0. The number of hydrogen-bond donors (Lipinski definition) is 1. The van der Waals surface area contributed by atoms with Crippen molar-refractivity contribution in [2.45, 2.75) is 6.54 Å². The van der Waals surface area contributed by atoms with E-state index in [4.69, 9.17) is 0 Å². The Morgan fingerprint density at radius 1 is 1.05 bits per heavy atom. The number of benzene rings is 2. The van der Waals surface area contributed by atoms with Crippen molar-refractivity contribution in [3.8, 4) is 0 Å². The highest BCUT2D eigenvalue weighted by molar-refractivity contribution is 5.61. The summed E-state index contributed by atoms with van der Waals surface area (Å²) in [6.45, 7) is -0.201. The zero-order chi connectivity index (χ0) is 14.7. The Labute approximate surface area is 112 Å². The predicted molar refractivity (Wildman–Crippen MR) is 66.7 cm³/mol. The average Bonchev–Trinajstić information content (AvgIpc) is 2.39. The number of nitrogens with one attached hydrogen (secondary N) is 1. The molecule has 104 valence electrons. The van der Waals surface area contributed by atoms with E-state index in [1.807, 2.05) is 0 Å². The molecule has 0 amide bonds. The summed E-state index contributed by atoms with van der Waals surface area (Å²) in [6.07, 6.45) is 0. The van der Waals surface area contributed by atoms with Crippen molar-refractivity contribution >= 4 is 11.4 Å². The summed E-state index contributed by atoms with van der Waals surface area (Å²) in [7, 11) is 0. The van der Waals surface area contributed by atoms with Gasteiger partial charge >= 0.3 is 0 Å². The lowest BCUT2D eigenvalue weighted by Gasteiger charge is -2.08. The van der Waals surface area contributed by atoms with Crippen LogP contribution in [-0.4, -0.2) is 4.92 Å². The van der Waals surface area contributed by atoms with E-state index in [2.05, 4.69) is 5.32 Å². The molecule has 0 unspecified atom stereocenters. The third-order valence-electron chi connectivity index (χ3n) is 2.63. The maximum absolute atomic E-state index is 13.4. The summed E-state index contributed by atoms with van der Waals surface area (Å²) < 4.78 is 39.5. The summed E-state index contributed by atoms with van der Waals surface area (Å²) in [5.41, 5.74) is -0.453. The average molecular weight is 282 g/mol. The molecule has 0 radical (unpaired) electrons. The Hall–Kier alpha value is -2.57. The van der Waals surface area contributed by atoms with Crippen molar-refractivity contribution in [3.63, 3.8) is 0 Å². The van der Waals surface area contributed by atoms with Crippen LogP contribution < -0.4 is 5.32 Å². The van der Waals surface area contributed by atoms with Crippen molar-refractivity contribution in [3.05, 3.63) is 69.5 Å². The van der Waals surface area contributed by atoms with Crippen LogP contribution in [0.25, 0.3) is 0 Å². The van der Waals surface area contributed by atoms with Crippen LogP contribution in [0, 0.1) is 27.6 Å². The molecule has 0 atom stereocenters. The molecule has 2 aromatic rings. The number of hydrogen-bond acceptors (Lipinski definition) is 3. The van der Waals surface area contributed by atoms with Crippen molar-refractivity contribution in [2.24, 2.45) is 0 Å². The Kier molecular flexibility index (Phi) is 3.88. The summed E-state index contributed by atoms with van der Waals surface area (Å²) in [6, 6.07) is 5.75. The maximum atomic E-state index is 13.4. The van der Waals surface area contributed by atoms with Gasteiger partial charge in [0.25, 0.3) is 5.69 Å². The molecule has 7 heteroatoms. The molecule has 0 aliphatic heterocycles. The molecule has 0 aliphatic carbocycles. The molecule has 1 N–H and O–H groups in total. The van der Waals surface area contributed by atoms with Gasteiger partial charge in [-0.1, -0.05) is 0 Å². The van der Waals surface area contributed by atoms with E-state index in [9.17, 15) is 23.3 Å². The third-order valence-corrected chi connectivity index (χ3v) is 2.63. The normalized spacial score (nSPS) is 10.3. The minimum absolute atomic E-state index is 0.0106. The van der Waals surface area contributed by atoms with Gasteiger partial charge in [0.05, 0.1) is 4.92 Å². The third kappa shape index (κ3) is 3.05. The molecule has 0 saturated heterocycles. The van der Waals surface area contributed by atoms with Gasteiger partial charge in [0.15, 0.2) is 0 Å². The van der Waals surface area contributed by atoms with Crippen LogP contribution in [0.2, 0.25) is 0 Å². The van der Waals surface area contributed by atoms with Crippen molar-refractivity contribution < 1.29 is 18.1 Å². The van der Waals surface area contributed by atoms with E-state index >= 15 is 0 Å². The molecular weight excluding hydrogens is 273 g/mol. The van der Waals surface area contributed by atoms with Gasteiger partial charge < -0.3 is 5.32 Å². The molecule has 0 aromatic heterocycles. The maximum Gasteiger partial charge on any atom is 0.292 e. The van der Waals surface area contributed by atoms with Crippen LogP contribution in [0.3, 0.4) is 0 Å². The summed E-state index contributed by atoms with van der Waals surface area (Å²) in [5.74, 6) is -1.95. The zero-order valence-electron chi connectivity index (χ0n) is 10.1. The SMILES string of the molecule is O=[N+]([O-])c1ccc(F)cc1NCc1cc(F)ccc1F. The lowest BCUT2D eigenvalue weighted by Crippen LogP contribution is -2.05. The van der Waals surface area contributed by atoms with Gasteiger partial charge in [-0.25, -0.2) is 13.2 Å². The second kappa shape index (κ2) is 5.60. The molecule has 0 bridgehead atoms. The van der Waals surface area contributed by atoms with Gasteiger partial charge in [-0.3, -0.25) is 10.1 Å². The van der Waals surface area contributed by atoms with Crippen molar-refractivity contribution in [1.29, 1.82) is 0 Å². The van der Waals surface area contributed by atoms with Crippen LogP contribution in [-0.2, 0) is 6.54 Å². The standard InChI is InChI=1S/C13H9F3N2O2/c14-9-1-3-11(16)8(5-9)7-17-12-6-10(15)2-4-13(12)18(19)20/h1-6,17H,7H2. The van der Waals surface area contributed by atoms with Crippen LogP contribution >= 0.6 is 0 Å². The van der Waals surface area contributed by atoms with Crippen LogP contribution in [0.15, 0.2) is 36.4 Å². The predicted octanol–water partition coefficient (Wildman–Crippen LogP) is 3.62. The van der Waals surface area contributed by atoms with Gasteiger partial charge in [0.2, 0.25) is 0 Å². The fourth-order valence-electron chi connectivity index (χ4n) is 1.68. The van der Waals surface area contributed by atoms with Gasteiger partial charge in [-0.05, 0) is 24.3 Å². The summed E-state index contributed by atoms with van der Waals surface area (Å²) in [5, 5.41) is 13.3. The fourth-order valence-corrected chi connectivity index (χ4v) is 1.68. The van der Waals surface area contributed by atoms with Crippen LogP contribution in [0.1, 0.15) is 5.56 Å². The van der Waals surface area contributed by atoms with E-state index in [0.29, 0.717) is 0 Å². The van der Waals surface area contributed by atoms with E-state index in [-0.39, 0.29) is 23.5 Å². The monoisotopic (exact) mass is 282 g/mol. The smallest absolute Gasteiger partial charge is 0.292 e. The number of anilines is 1. The highest BCUT2D eigenvalue weighted by Crippen LogP contribution is 2.25. The molecule has 0 heterocycles. The Morgan fingerprint density at radius 3 is 2.40 bits per heavy atom. The van der Waals surface area contributed by atoms with Crippen LogP contribution in [0.5, 0.6) is 0 Å². The van der Waals surface area contributed by atoms with Gasteiger partial charge in [0, 0.05) is 24.2 Å². The Balaban J connectivity index is 2.24. The zero-order valence-corrected chi connectivity index (χ0v) is 10.1. The molecule has 0 fully saturated rings. The first-order valence-electron chi connectivity index (χ1n) is 5.59. The molecule has 0 saturated carbocycles. The first kappa shape index (κ1) is 13.9.